The van der Waals surface area contributed by atoms with Crippen LogP contribution in [0.1, 0.15) is 58.7 Å². The second kappa shape index (κ2) is 6.32. The van der Waals surface area contributed by atoms with Gasteiger partial charge >= 0.3 is 0 Å². The van der Waals surface area contributed by atoms with Crippen LogP contribution in [0.2, 0.25) is 0 Å². The second-order valence-corrected chi connectivity index (χ2v) is 8.91. The molecule has 126 valence electrons. The minimum Gasteiger partial charge on any atom is -0.337 e. The molecule has 5 nitrogen and oxygen atoms in total. The zero-order valence-corrected chi connectivity index (χ0v) is 15.2. The van der Waals surface area contributed by atoms with Crippen molar-refractivity contribution < 1.29 is 8.42 Å². The molecule has 0 spiro atoms. The number of sulfonamides is 1. The first-order valence-corrected chi connectivity index (χ1v) is 9.66. The first-order chi connectivity index (χ1) is 10.2. The Hall–Kier alpha value is -0.880. The van der Waals surface area contributed by atoms with Crippen LogP contribution in [-0.4, -0.2) is 24.0 Å². The molecule has 1 aliphatic carbocycles. The normalized spacial score (nSPS) is 23.7. The highest BCUT2D eigenvalue weighted by atomic mass is 32.2. The quantitative estimate of drug-likeness (QED) is 0.904. The molecule has 1 aromatic heterocycles. The van der Waals surface area contributed by atoms with Gasteiger partial charge in [-0.2, -0.15) is 0 Å². The minimum absolute atomic E-state index is 0.0382. The molecule has 1 heterocycles. The van der Waals surface area contributed by atoms with E-state index in [0.717, 1.165) is 25.7 Å². The van der Waals surface area contributed by atoms with Gasteiger partial charge in [-0.25, -0.2) is 18.1 Å². The highest BCUT2D eigenvalue weighted by Crippen LogP contribution is 2.40. The number of hydrogen-bond acceptors (Lipinski definition) is 3. The average Bonchev–Trinajstić information content (AvgIpc) is 2.80. The van der Waals surface area contributed by atoms with Crippen LogP contribution in [0, 0.1) is 18.3 Å². The van der Waals surface area contributed by atoms with Crippen molar-refractivity contribution in [3.05, 3.63) is 12.0 Å². The van der Waals surface area contributed by atoms with Gasteiger partial charge in [-0.1, -0.05) is 27.2 Å². The van der Waals surface area contributed by atoms with Crippen LogP contribution in [0.5, 0.6) is 0 Å². The third-order valence-electron chi connectivity index (χ3n) is 5.43. The van der Waals surface area contributed by atoms with Gasteiger partial charge in [0.2, 0.25) is 0 Å². The van der Waals surface area contributed by atoms with E-state index in [9.17, 15) is 8.42 Å². The van der Waals surface area contributed by atoms with Crippen molar-refractivity contribution in [3.8, 4) is 0 Å². The highest BCUT2D eigenvalue weighted by Gasteiger charge is 2.33. The van der Waals surface area contributed by atoms with Crippen LogP contribution in [0.3, 0.4) is 0 Å². The molecule has 2 rings (SSSR count). The summed E-state index contributed by atoms with van der Waals surface area (Å²) in [6, 6.07) is 0.0382. The maximum atomic E-state index is 12.4. The maximum absolute atomic E-state index is 12.4. The van der Waals surface area contributed by atoms with Crippen LogP contribution in [0.15, 0.2) is 11.2 Å². The van der Waals surface area contributed by atoms with Gasteiger partial charge in [0.05, 0.1) is 0 Å². The average molecular weight is 327 g/mol. The number of aromatic nitrogens is 2. The third-order valence-corrected chi connectivity index (χ3v) is 6.82. The second-order valence-electron chi connectivity index (χ2n) is 7.25. The molecular formula is C16H29N3O2S. The minimum atomic E-state index is -3.50. The van der Waals surface area contributed by atoms with Gasteiger partial charge in [-0.3, -0.25) is 0 Å². The van der Waals surface area contributed by atoms with Gasteiger partial charge < -0.3 is 4.57 Å². The van der Waals surface area contributed by atoms with Gasteiger partial charge in [-0.15, -0.1) is 0 Å². The van der Waals surface area contributed by atoms with Gasteiger partial charge in [0.25, 0.3) is 10.0 Å². The Bertz CT molecular complexity index is 592. The maximum Gasteiger partial charge on any atom is 0.259 e. The largest absolute Gasteiger partial charge is 0.337 e. The molecule has 0 aromatic carbocycles. The fourth-order valence-electron chi connectivity index (χ4n) is 3.22. The van der Waals surface area contributed by atoms with E-state index in [0.29, 0.717) is 17.2 Å². The molecule has 6 heteroatoms. The Morgan fingerprint density at radius 2 is 1.91 bits per heavy atom. The Morgan fingerprint density at radius 3 is 2.36 bits per heavy atom. The first kappa shape index (κ1) is 17.5. The lowest BCUT2D eigenvalue weighted by Gasteiger charge is -2.38. The van der Waals surface area contributed by atoms with E-state index in [4.69, 9.17) is 0 Å². The monoisotopic (exact) mass is 327 g/mol. The van der Waals surface area contributed by atoms with Gasteiger partial charge in [0.1, 0.15) is 5.82 Å². The summed E-state index contributed by atoms with van der Waals surface area (Å²) in [6.45, 7) is 8.67. The summed E-state index contributed by atoms with van der Waals surface area (Å²) in [5.74, 6) is 1.39. The molecule has 1 aliphatic rings. The molecule has 0 radical (unpaired) electrons. The molecule has 1 aromatic rings. The molecule has 0 amide bonds. The smallest absolute Gasteiger partial charge is 0.259 e. The molecule has 0 unspecified atom stereocenters. The van der Waals surface area contributed by atoms with E-state index in [1.807, 2.05) is 0 Å². The number of nitrogens with zero attached hydrogens (tertiary/aromatic N) is 2. The molecule has 0 aliphatic heterocycles. The third kappa shape index (κ3) is 3.71. The van der Waals surface area contributed by atoms with Gasteiger partial charge in [0, 0.05) is 19.3 Å². The number of nitrogens with one attached hydrogen (secondary N) is 1. The fourth-order valence-corrected chi connectivity index (χ4v) is 4.56. The van der Waals surface area contributed by atoms with Crippen molar-refractivity contribution >= 4 is 10.0 Å². The van der Waals surface area contributed by atoms with Crippen LogP contribution in [-0.2, 0) is 17.1 Å². The first-order valence-electron chi connectivity index (χ1n) is 8.18. The molecule has 0 atom stereocenters. The summed E-state index contributed by atoms with van der Waals surface area (Å²) >= 11 is 0. The van der Waals surface area contributed by atoms with Crippen LogP contribution < -0.4 is 4.72 Å². The number of aryl methyl sites for hydroxylation is 2. The lowest BCUT2D eigenvalue weighted by Crippen LogP contribution is -2.40. The van der Waals surface area contributed by atoms with Crippen molar-refractivity contribution in [3.63, 3.8) is 0 Å². The van der Waals surface area contributed by atoms with E-state index in [1.54, 1.807) is 24.7 Å². The van der Waals surface area contributed by atoms with Crippen LogP contribution in [0.4, 0.5) is 0 Å². The van der Waals surface area contributed by atoms with E-state index >= 15 is 0 Å². The lowest BCUT2D eigenvalue weighted by molar-refractivity contribution is 0.142. The van der Waals surface area contributed by atoms with E-state index in [-0.39, 0.29) is 11.1 Å². The SMILES string of the molecule is CCC(C)(C)C1CCC(NS(=O)(=O)c2cn(C)c(C)n2)CC1. The van der Waals surface area contributed by atoms with Crippen molar-refractivity contribution in [2.45, 2.75) is 70.9 Å². The topological polar surface area (TPSA) is 64.0 Å². The van der Waals surface area contributed by atoms with E-state index in [1.165, 1.54) is 6.42 Å². The molecule has 1 fully saturated rings. The van der Waals surface area contributed by atoms with E-state index < -0.39 is 10.0 Å². The van der Waals surface area contributed by atoms with Crippen molar-refractivity contribution in [2.75, 3.05) is 0 Å². The molecule has 0 bridgehead atoms. The zero-order valence-electron chi connectivity index (χ0n) is 14.4. The number of hydrogen-bond donors (Lipinski definition) is 1. The number of rotatable bonds is 5. The predicted octanol–water partition coefficient (Wildman–Crippen LogP) is 3.00. The zero-order chi connectivity index (χ0) is 16.5. The summed E-state index contributed by atoms with van der Waals surface area (Å²) < 4.78 is 29.4. The highest BCUT2D eigenvalue weighted by molar-refractivity contribution is 7.89. The standard InChI is InChI=1S/C16H29N3O2S/c1-6-16(3,4)13-7-9-14(10-8-13)18-22(20,21)15-11-19(5)12(2)17-15/h11,13-14,18H,6-10H2,1-5H3. The van der Waals surface area contributed by atoms with Crippen LogP contribution in [0.25, 0.3) is 0 Å². The molecular weight excluding hydrogens is 298 g/mol. The Kier molecular flexibility index (Phi) is 5.02. The van der Waals surface area contributed by atoms with Crippen molar-refractivity contribution in [1.29, 1.82) is 0 Å². The Balaban J connectivity index is 1.98. The summed E-state index contributed by atoms with van der Waals surface area (Å²) in [7, 11) is -1.70. The van der Waals surface area contributed by atoms with Gasteiger partial charge in [-0.05, 0) is 43.9 Å². The molecule has 22 heavy (non-hydrogen) atoms. The van der Waals surface area contributed by atoms with Crippen LogP contribution >= 0.6 is 0 Å². The predicted molar refractivity (Wildman–Crippen MR) is 88.1 cm³/mol. The fraction of sp³-hybridized carbons (Fsp3) is 0.812. The summed E-state index contributed by atoms with van der Waals surface area (Å²) in [6.07, 6.45) is 6.76. The molecule has 1 N–H and O–H groups in total. The molecule has 0 saturated heterocycles. The summed E-state index contributed by atoms with van der Waals surface area (Å²) in [5.41, 5.74) is 0.349. The Morgan fingerprint density at radius 1 is 1.32 bits per heavy atom. The summed E-state index contributed by atoms with van der Waals surface area (Å²) in [5, 5.41) is 0.128. The summed E-state index contributed by atoms with van der Waals surface area (Å²) in [4.78, 5) is 4.13. The number of imidazole rings is 1. The molecule has 1 saturated carbocycles. The Labute approximate surface area is 134 Å². The van der Waals surface area contributed by atoms with Crippen molar-refractivity contribution in [1.82, 2.24) is 14.3 Å². The van der Waals surface area contributed by atoms with E-state index in [2.05, 4.69) is 30.5 Å². The lowest BCUT2D eigenvalue weighted by atomic mass is 9.69. The van der Waals surface area contributed by atoms with Gasteiger partial charge in [0.15, 0.2) is 5.03 Å². The van der Waals surface area contributed by atoms with Crippen molar-refractivity contribution in [2.24, 2.45) is 18.4 Å².